The number of nitrogens with one attached hydrogen (secondary N) is 1. The van der Waals surface area contributed by atoms with Crippen molar-refractivity contribution in [2.75, 3.05) is 5.32 Å². The van der Waals surface area contributed by atoms with Gasteiger partial charge in [-0.2, -0.15) is 0 Å². The average Bonchev–Trinajstić information content (AvgIpc) is 3.28. The van der Waals surface area contributed by atoms with Crippen LogP contribution in [-0.4, -0.2) is 44.0 Å². The molecule has 2 atom stereocenters. The molecule has 0 spiro atoms. The summed E-state index contributed by atoms with van der Waals surface area (Å²) in [4.78, 5) is 25.0. The Balaban J connectivity index is 0.00000323. The van der Waals surface area contributed by atoms with Gasteiger partial charge < -0.3 is 26.6 Å². The zero-order valence-electron chi connectivity index (χ0n) is 24.9. The summed E-state index contributed by atoms with van der Waals surface area (Å²) in [5.74, 6) is -1.91. The van der Waals surface area contributed by atoms with Crippen LogP contribution in [0, 0.1) is 5.82 Å². The number of benzene rings is 3. The Morgan fingerprint density at radius 3 is 2.05 bits per heavy atom. The van der Waals surface area contributed by atoms with E-state index in [-0.39, 0.29) is 49.4 Å². The Hall–Kier alpha value is -3.53. The van der Waals surface area contributed by atoms with Gasteiger partial charge in [-0.15, -0.1) is 0 Å². The number of nitrogens with zero attached hydrogens (tertiary/aromatic N) is 1. The number of amides is 1. The van der Waals surface area contributed by atoms with Crippen LogP contribution < -0.4 is 34.9 Å². The van der Waals surface area contributed by atoms with Crippen LogP contribution in [0.1, 0.15) is 50.3 Å². The van der Waals surface area contributed by atoms with Gasteiger partial charge in [-0.05, 0) is 55.3 Å². The summed E-state index contributed by atoms with van der Waals surface area (Å²) in [6.07, 6.45) is 0.0955. The Morgan fingerprint density at radius 2 is 1.48 bits per heavy atom. The maximum atomic E-state index is 14.0. The first kappa shape index (κ1) is 33.0. The van der Waals surface area contributed by atoms with E-state index in [4.69, 9.17) is 5.11 Å². The van der Waals surface area contributed by atoms with E-state index in [0.29, 0.717) is 33.8 Å². The molecule has 1 aromatic heterocycles. The van der Waals surface area contributed by atoms with E-state index in [2.05, 4.69) is 5.32 Å². The number of carbonyl (C=O) groups is 2. The Labute approximate surface area is 268 Å². The molecule has 214 valence electrons. The molecular weight excluding hydrogens is 546 g/mol. The van der Waals surface area contributed by atoms with Crippen molar-refractivity contribution in [3.63, 3.8) is 0 Å². The van der Waals surface area contributed by atoms with E-state index in [9.17, 15) is 24.2 Å². The molecule has 0 radical (unpaired) electrons. The second-order valence-corrected chi connectivity index (χ2v) is 10.1. The monoisotopic (exact) mass is 580 g/mol. The van der Waals surface area contributed by atoms with Crippen LogP contribution in [0.15, 0.2) is 91.0 Å². The van der Waals surface area contributed by atoms with Crippen LogP contribution in [0.3, 0.4) is 0 Å². The zero-order chi connectivity index (χ0) is 29.5. The predicted molar refractivity (Wildman–Crippen MR) is 159 cm³/mol. The first-order valence-electron chi connectivity index (χ1n) is 13.4. The van der Waals surface area contributed by atoms with Gasteiger partial charge in [0.1, 0.15) is 11.5 Å². The van der Waals surface area contributed by atoms with Crippen molar-refractivity contribution in [2.45, 2.75) is 44.9 Å². The SMILES string of the molecule is CC(C)n1c(C=C[C@@H](O)C[C@@H](O)CC(=O)O)c(-c2ccc(F)cc2)c(-c2ccccc2)c1C(=O)Nc1ccccc1.[H-].[Na+]. The van der Waals surface area contributed by atoms with E-state index in [1.165, 1.54) is 18.2 Å². The van der Waals surface area contributed by atoms with Gasteiger partial charge in [-0.25, -0.2) is 4.39 Å². The molecule has 0 bridgehead atoms. The number of hydrogen-bond acceptors (Lipinski definition) is 4. The molecular formula is C33H34FN2NaO5. The molecule has 4 rings (SSSR count). The number of hydrogen-bond donors (Lipinski definition) is 4. The molecule has 4 N–H and O–H groups in total. The summed E-state index contributed by atoms with van der Waals surface area (Å²) >= 11 is 0. The van der Waals surface area contributed by atoms with E-state index < -0.39 is 30.4 Å². The van der Waals surface area contributed by atoms with Crippen molar-refractivity contribution in [2.24, 2.45) is 0 Å². The normalized spacial score (nSPS) is 12.6. The largest absolute Gasteiger partial charge is 1.00 e. The number of aromatic nitrogens is 1. The van der Waals surface area contributed by atoms with E-state index in [1.54, 1.807) is 30.3 Å². The Bertz CT molecular complexity index is 1530. The van der Waals surface area contributed by atoms with Crippen LogP contribution in [0.4, 0.5) is 10.1 Å². The number of carboxylic acid groups (broad SMARTS) is 1. The molecule has 0 aliphatic heterocycles. The van der Waals surface area contributed by atoms with E-state index >= 15 is 0 Å². The molecule has 9 heteroatoms. The standard InChI is InChI=1S/C33H33FN2O5.Na.H/c1-21(2)36-28(18-17-26(37)19-27(38)20-29(39)40)30(23-13-15-24(34)16-14-23)31(22-9-5-3-6-10-22)32(36)33(41)35-25-11-7-4-8-12-25;;/h3-18,21,26-27,37-38H,19-20H2,1-2H3,(H,35,41)(H,39,40);;/q;+1;-1/t26-,27-;;/m1../s1. The second kappa shape index (κ2) is 15.1. The van der Waals surface area contributed by atoms with Gasteiger partial charge in [0.25, 0.3) is 5.91 Å². The summed E-state index contributed by atoms with van der Waals surface area (Å²) in [5, 5.41) is 32.6. The molecule has 0 aliphatic rings. The van der Waals surface area contributed by atoms with Crippen LogP contribution in [-0.2, 0) is 4.79 Å². The molecule has 0 fully saturated rings. The van der Waals surface area contributed by atoms with Crippen molar-refractivity contribution < 1.29 is 60.3 Å². The molecule has 0 saturated heterocycles. The number of aliphatic hydroxyl groups is 2. The third-order valence-electron chi connectivity index (χ3n) is 6.60. The molecule has 0 saturated carbocycles. The molecule has 1 amide bonds. The van der Waals surface area contributed by atoms with Gasteiger partial charge in [-0.3, -0.25) is 9.59 Å². The van der Waals surface area contributed by atoms with Crippen molar-refractivity contribution >= 4 is 23.6 Å². The first-order chi connectivity index (χ1) is 19.7. The number of aliphatic hydroxyl groups excluding tert-OH is 2. The molecule has 42 heavy (non-hydrogen) atoms. The summed E-state index contributed by atoms with van der Waals surface area (Å²) in [7, 11) is 0. The number of carboxylic acids is 1. The number of aliphatic carboxylic acids is 1. The smallest absolute Gasteiger partial charge is 1.00 e. The van der Waals surface area contributed by atoms with Crippen molar-refractivity contribution in [3.05, 3.63) is 108 Å². The quantitative estimate of drug-likeness (QED) is 0.203. The molecule has 7 nitrogen and oxygen atoms in total. The van der Waals surface area contributed by atoms with Crippen LogP contribution in [0.5, 0.6) is 0 Å². The topological polar surface area (TPSA) is 112 Å². The van der Waals surface area contributed by atoms with Gasteiger partial charge in [0.15, 0.2) is 0 Å². The minimum atomic E-state index is -1.23. The Kier molecular flexibility index (Phi) is 11.8. The predicted octanol–water partition coefficient (Wildman–Crippen LogP) is 3.51. The minimum Gasteiger partial charge on any atom is -1.00 e. The maximum Gasteiger partial charge on any atom is 1.00 e. The average molecular weight is 581 g/mol. The first-order valence-corrected chi connectivity index (χ1v) is 13.4. The zero-order valence-corrected chi connectivity index (χ0v) is 25.9. The van der Waals surface area contributed by atoms with Crippen molar-refractivity contribution in [3.8, 4) is 22.3 Å². The van der Waals surface area contributed by atoms with Crippen molar-refractivity contribution in [1.82, 2.24) is 4.57 Å². The fourth-order valence-electron chi connectivity index (χ4n) is 4.88. The van der Waals surface area contributed by atoms with Gasteiger partial charge in [-0.1, -0.05) is 66.7 Å². The van der Waals surface area contributed by atoms with Gasteiger partial charge in [0, 0.05) is 35.0 Å². The third-order valence-corrected chi connectivity index (χ3v) is 6.60. The Morgan fingerprint density at radius 1 is 0.905 bits per heavy atom. The number of carbonyl (C=O) groups excluding carboxylic acids is 1. The third kappa shape index (κ3) is 8.06. The van der Waals surface area contributed by atoms with Gasteiger partial charge in [0.05, 0.1) is 18.6 Å². The summed E-state index contributed by atoms with van der Waals surface area (Å²) < 4.78 is 15.9. The molecule has 3 aromatic carbocycles. The molecule has 4 aromatic rings. The number of rotatable bonds is 11. The van der Waals surface area contributed by atoms with Crippen LogP contribution >= 0.6 is 0 Å². The number of halogens is 1. The van der Waals surface area contributed by atoms with Crippen molar-refractivity contribution in [1.29, 1.82) is 0 Å². The summed E-state index contributed by atoms with van der Waals surface area (Å²) in [6, 6.07) is 24.3. The van der Waals surface area contributed by atoms with Crippen LogP contribution in [0.2, 0.25) is 0 Å². The number of para-hydroxylation sites is 1. The van der Waals surface area contributed by atoms with Gasteiger partial charge in [0.2, 0.25) is 0 Å². The fourth-order valence-corrected chi connectivity index (χ4v) is 4.88. The maximum absolute atomic E-state index is 14.0. The summed E-state index contributed by atoms with van der Waals surface area (Å²) in [6.45, 7) is 3.87. The number of anilines is 1. The summed E-state index contributed by atoms with van der Waals surface area (Å²) in [5.41, 5.74) is 4.34. The van der Waals surface area contributed by atoms with Crippen LogP contribution in [0.25, 0.3) is 28.3 Å². The fraction of sp³-hybridized carbons (Fsp3) is 0.212. The molecule has 0 aliphatic carbocycles. The van der Waals surface area contributed by atoms with E-state index in [1.807, 2.05) is 66.9 Å². The van der Waals surface area contributed by atoms with E-state index in [0.717, 1.165) is 5.56 Å². The molecule has 0 unspecified atom stereocenters. The van der Waals surface area contributed by atoms with Gasteiger partial charge >= 0.3 is 35.5 Å². The second-order valence-electron chi connectivity index (χ2n) is 10.1. The molecule has 1 heterocycles. The minimum absolute atomic E-state index is 0.